The van der Waals surface area contributed by atoms with Crippen LogP contribution in [0.2, 0.25) is 0 Å². The molecule has 0 fully saturated rings. The second-order valence-electron chi connectivity index (χ2n) is 6.37. The summed E-state index contributed by atoms with van der Waals surface area (Å²) in [6.45, 7) is 4.63. The van der Waals surface area contributed by atoms with Gasteiger partial charge in [-0.1, -0.05) is 64.1 Å². The van der Waals surface area contributed by atoms with E-state index in [1.165, 1.54) is 9.96 Å². The van der Waals surface area contributed by atoms with Gasteiger partial charge in [0.2, 0.25) is 0 Å². The van der Waals surface area contributed by atoms with E-state index in [0.717, 1.165) is 35.0 Å². The monoisotopic (exact) mass is 420 g/mol. The van der Waals surface area contributed by atoms with Gasteiger partial charge in [0.25, 0.3) is 0 Å². The first-order valence-corrected chi connectivity index (χ1v) is 10.5. The Hall–Kier alpha value is -1.01. The van der Waals surface area contributed by atoms with Crippen LogP contribution in [0.1, 0.15) is 43.9 Å². The number of hydrogen-bond donors (Lipinski definition) is 0. The molecule has 3 nitrogen and oxygen atoms in total. The molecule has 1 heterocycles. The molecule has 0 amide bonds. The van der Waals surface area contributed by atoms with Crippen molar-refractivity contribution in [1.82, 2.24) is 5.06 Å². The molecule has 2 atom stereocenters. The van der Waals surface area contributed by atoms with Gasteiger partial charge in [-0.3, -0.25) is 0 Å². The number of unbranched alkanes of at least 4 members (excludes halogenated alkanes) is 1. The van der Waals surface area contributed by atoms with Crippen molar-refractivity contribution in [2.45, 2.75) is 42.5 Å². The molecule has 0 spiro atoms. The van der Waals surface area contributed by atoms with Crippen LogP contribution in [0.5, 0.6) is 5.75 Å². The predicted molar refractivity (Wildman–Crippen MR) is 108 cm³/mol. The fourth-order valence-electron chi connectivity index (χ4n) is 3.20. The largest absolute Gasteiger partial charge is 0.784 e. The zero-order valence-electron chi connectivity index (χ0n) is 14.6. The average Bonchev–Trinajstić information content (AvgIpc) is 2.64. The molecule has 3 rings (SSSR count). The van der Waals surface area contributed by atoms with Gasteiger partial charge < -0.3 is 15.0 Å². The van der Waals surface area contributed by atoms with E-state index < -0.39 is 4.87 Å². The first-order valence-electron chi connectivity index (χ1n) is 8.60. The molecule has 5 heteroatoms. The molecule has 0 bridgehead atoms. The van der Waals surface area contributed by atoms with Crippen LogP contribution in [-0.2, 0) is 4.87 Å². The molecule has 2 aromatic rings. The Morgan fingerprint density at radius 2 is 1.88 bits per heavy atom. The SMILES string of the molecule is CC1c2ccccc2SC(C)(c2ccccc2OCCCCBr)N1[O-]. The normalized spacial score (nSPS) is 23.3. The van der Waals surface area contributed by atoms with Gasteiger partial charge in [0, 0.05) is 21.8 Å². The fourth-order valence-corrected chi connectivity index (χ4v) is 5.06. The Morgan fingerprint density at radius 3 is 2.68 bits per heavy atom. The van der Waals surface area contributed by atoms with Crippen LogP contribution < -0.4 is 4.74 Å². The van der Waals surface area contributed by atoms with Gasteiger partial charge in [-0.25, -0.2) is 0 Å². The Kier molecular flexibility index (Phi) is 6.10. The van der Waals surface area contributed by atoms with Crippen molar-refractivity contribution in [1.29, 1.82) is 0 Å². The minimum absolute atomic E-state index is 0.191. The predicted octanol–water partition coefficient (Wildman–Crippen LogP) is 6.08. The van der Waals surface area contributed by atoms with Gasteiger partial charge in [0.15, 0.2) is 0 Å². The maximum Gasteiger partial charge on any atom is 0.125 e. The highest BCUT2D eigenvalue weighted by Gasteiger charge is 2.39. The van der Waals surface area contributed by atoms with Crippen molar-refractivity contribution in [3.05, 3.63) is 64.9 Å². The smallest absolute Gasteiger partial charge is 0.125 e. The highest BCUT2D eigenvalue weighted by molar-refractivity contribution is 9.09. The third kappa shape index (κ3) is 3.75. The number of ether oxygens (including phenoxy) is 1. The lowest BCUT2D eigenvalue weighted by Gasteiger charge is -2.53. The lowest BCUT2D eigenvalue weighted by molar-refractivity contribution is 0.188. The van der Waals surface area contributed by atoms with Crippen LogP contribution in [0.3, 0.4) is 0 Å². The minimum Gasteiger partial charge on any atom is -0.784 e. The molecule has 25 heavy (non-hydrogen) atoms. The number of hydrogen-bond acceptors (Lipinski definition) is 4. The van der Waals surface area contributed by atoms with Crippen molar-refractivity contribution in [2.75, 3.05) is 11.9 Å². The summed E-state index contributed by atoms with van der Waals surface area (Å²) in [4.78, 5) is 0.457. The zero-order chi connectivity index (χ0) is 17.9. The topological polar surface area (TPSA) is 35.5 Å². The van der Waals surface area contributed by atoms with E-state index in [1.807, 2.05) is 56.3 Å². The number of para-hydroxylation sites is 1. The van der Waals surface area contributed by atoms with Gasteiger partial charge >= 0.3 is 0 Å². The van der Waals surface area contributed by atoms with E-state index in [-0.39, 0.29) is 6.04 Å². The number of halogens is 1. The van der Waals surface area contributed by atoms with Crippen molar-refractivity contribution >= 4 is 27.7 Å². The van der Waals surface area contributed by atoms with E-state index in [1.54, 1.807) is 11.8 Å². The summed E-state index contributed by atoms with van der Waals surface area (Å²) in [5.74, 6) is 0.805. The quantitative estimate of drug-likeness (QED) is 0.418. The summed E-state index contributed by atoms with van der Waals surface area (Å²) in [5.41, 5.74) is 2.03. The molecule has 0 radical (unpaired) electrons. The maximum atomic E-state index is 13.2. The molecular formula is C20H23BrNO2S-. The highest BCUT2D eigenvalue weighted by Crippen LogP contribution is 2.54. The molecule has 0 saturated heterocycles. The third-order valence-electron chi connectivity index (χ3n) is 4.62. The van der Waals surface area contributed by atoms with Crippen molar-refractivity contribution < 1.29 is 4.74 Å². The van der Waals surface area contributed by atoms with Gasteiger partial charge in [0.05, 0.1) is 11.5 Å². The number of rotatable bonds is 6. The van der Waals surface area contributed by atoms with Crippen molar-refractivity contribution in [3.8, 4) is 5.75 Å². The average molecular weight is 421 g/mol. The van der Waals surface area contributed by atoms with Crippen LogP contribution >= 0.6 is 27.7 Å². The first kappa shape index (κ1) is 18.8. The lowest BCUT2D eigenvalue weighted by atomic mass is 10.0. The summed E-state index contributed by atoms with van der Waals surface area (Å²) < 4.78 is 6.03. The van der Waals surface area contributed by atoms with Gasteiger partial charge in [-0.15, -0.1) is 0 Å². The summed E-state index contributed by atoms with van der Waals surface area (Å²) in [5, 5.41) is 15.4. The number of thioether (sulfide) groups is 1. The summed E-state index contributed by atoms with van der Waals surface area (Å²) in [6.07, 6.45) is 2.07. The Bertz CT molecular complexity index is 726. The van der Waals surface area contributed by atoms with E-state index in [2.05, 4.69) is 22.0 Å². The van der Waals surface area contributed by atoms with Crippen LogP contribution in [0.4, 0.5) is 0 Å². The second kappa shape index (κ2) is 8.12. The van der Waals surface area contributed by atoms with Crippen molar-refractivity contribution in [3.63, 3.8) is 0 Å². The van der Waals surface area contributed by atoms with Crippen molar-refractivity contribution in [2.24, 2.45) is 0 Å². The third-order valence-corrected chi connectivity index (χ3v) is 6.57. The number of hydroxylamine groups is 2. The molecule has 0 N–H and O–H groups in total. The molecule has 0 aromatic heterocycles. The standard InChI is InChI=1S/C20H23BrNO2S/c1-15-16-9-3-6-12-19(16)25-20(2,22(15)23)17-10-4-5-11-18(17)24-14-8-7-13-21/h3-6,9-12,15H,7-8,13-14H2,1-2H3/q-1. The second-order valence-corrected chi connectivity index (χ2v) is 8.60. The summed E-state index contributed by atoms with van der Waals surface area (Å²) in [7, 11) is 0. The van der Waals surface area contributed by atoms with Crippen LogP contribution in [-0.4, -0.2) is 17.0 Å². The van der Waals surface area contributed by atoms with E-state index in [0.29, 0.717) is 6.61 Å². The highest BCUT2D eigenvalue weighted by atomic mass is 79.9. The number of fused-ring (bicyclic) bond motifs is 1. The lowest BCUT2D eigenvalue weighted by Crippen LogP contribution is -2.42. The summed E-state index contributed by atoms with van der Waals surface area (Å²) in [6, 6.07) is 15.9. The molecule has 134 valence electrons. The van der Waals surface area contributed by atoms with Crippen LogP contribution in [0.25, 0.3) is 0 Å². The molecule has 0 saturated carbocycles. The van der Waals surface area contributed by atoms with E-state index in [9.17, 15) is 5.21 Å². The minimum atomic E-state index is -0.709. The molecule has 2 aromatic carbocycles. The molecule has 0 aliphatic carbocycles. The van der Waals surface area contributed by atoms with Crippen LogP contribution in [0, 0.1) is 5.21 Å². The Morgan fingerprint density at radius 1 is 1.16 bits per heavy atom. The van der Waals surface area contributed by atoms with Crippen LogP contribution in [0.15, 0.2) is 53.4 Å². The Labute approximate surface area is 162 Å². The van der Waals surface area contributed by atoms with E-state index >= 15 is 0 Å². The fraction of sp³-hybridized carbons (Fsp3) is 0.400. The van der Waals surface area contributed by atoms with Gasteiger partial charge in [-0.2, -0.15) is 0 Å². The molecule has 1 aliphatic heterocycles. The maximum absolute atomic E-state index is 13.2. The molecular weight excluding hydrogens is 398 g/mol. The first-order chi connectivity index (χ1) is 12.1. The number of nitrogens with zero attached hydrogens (tertiary/aromatic N) is 1. The van der Waals surface area contributed by atoms with E-state index in [4.69, 9.17) is 4.74 Å². The number of alkyl halides is 1. The Balaban J connectivity index is 1.93. The zero-order valence-corrected chi connectivity index (χ0v) is 17.0. The number of benzene rings is 2. The summed E-state index contributed by atoms with van der Waals surface area (Å²) >= 11 is 5.05. The van der Waals surface area contributed by atoms with Gasteiger partial charge in [-0.05, 0) is 44.4 Å². The van der Waals surface area contributed by atoms with Gasteiger partial charge in [0.1, 0.15) is 5.75 Å². The molecule has 1 aliphatic rings. The molecule has 2 unspecified atom stereocenters.